The minimum Gasteiger partial charge on any atom is -0.464 e. The summed E-state index contributed by atoms with van der Waals surface area (Å²) in [6.07, 6.45) is 1.82. The van der Waals surface area contributed by atoms with Crippen molar-refractivity contribution in [2.24, 2.45) is 0 Å². The van der Waals surface area contributed by atoms with Crippen molar-refractivity contribution in [3.8, 4) is 0 Å². The smallest absolute Gasteiger partial charge is 0.134 e. The maximum atomic E-state index is 5.75. The predicted octanol–water partition coefficient (Wildman–Crippen LogP) is 3.31. The molecule has 2 nitrogen and oxygen atoms in total. The van der Waals surface area contributed by atoms with Crippen LogP contribution in [0.25, 0.3) is 11.0 Å². The van der Waals surface area contributed by atoms with Gasteiger partial charge in [0.05, 0.1) is 6.26 Å². The third-order valence-electron chi connectivity index (χ3n) is 2.41. The van der Waals surface area contributed by atoms with Gasteiger partial charge in [-0.25, -0.2) is 0 Å². The van der Waals surface area contributed by atoms with Gasteiger partial charge in [0.15, 0.2) is 0 Å². The summed E-state index contributed by atoms with van der Waals surface area (Å²) >= 11 is 0. The average molecular weight is 189 g/mol. The van der Waals surface area contributed by atoms with Crippen molar-refractivity contribution in [2.45, 2.75) is 26.2 Å². The maximum Gasteiger partial charge on any atom is 0.134 e. The second kappa shape index (κ2) is 2.77. The molecule has 0 fully saturated rings. The quantitative estimate of drug-likeness (QED) is 0.646. The van der Waals surface area contributed by atoms with Crippen molar-refractivity contribution >= 4 is 16.7 Å². The van der Waals surface area contributed by atoms with Gasteiger partial charge in [-0.05, 0) is 23.6 Å². The zero-order valence-corrected chi connectivity index (χ0v) is 8.79. The van der Waals surface area contributed by atoms with E-state index in [4.69, 9.17) is 10.2 Å². The molecule has 74 valence electrons. The Labute approximate surface area is 83.7 Å². The summed E-state index contributed by atoms with van der Waals surface area (Å²) in [5, 5.41) is 1.12. The normalized spacial score (nSPS) is 12.2. The maximum absolute atomic E-state index is 5.75. The van der Waals surface area contributed by atoms with E-state index in [1.807, 2.05) is 24.5 Å². The molecule has 0 amide bonds. The Kier molecular flexibility index (Phi) is 1.81. The lowest BCUT2D eigenvalue weighted by Gasteiger charge is -2.16. The van der Waals surface area contributed by atoms with Crippen LogP contribution in [0.4, 0.5) is 5.69 Å². The van der Waals surface area contributed by atoms with Gasteiger partial charge >= 0.3 is 0 Å². The molecule has 14 heavy (non-hydrogen) atoms. The molecule has 1 heterocycles. The van der Waals surface area contributed by atoms with E-state index in [1.165, 1.54) is 5.56 Å². The zero-order valence-electron chi connectivity index (χ0n) is 8.79. The predicted molar refractivity (Wildman–Crippen MR) is 59.3 cm³/mol. The molecule has 2 heteroatoms. The van der Waals surface area contributed by atoms with Crippen LogP contribution in [0.2, 0.25) is 0 Å². The summed E-state index contributed by atoms with van der Waals surface area (Å²) in [5.74, 6) is 0. The fraction of sp³-hybridized carbons (Fsp3) is 0.333. The average Bonchev–Trinajstić information content (AvgIpc) is 2.45. The standard InChI is InChI=1S/C12H15NO/c1-12(2,3)10-7-14-11-5-4-8(13)6-9(10)11/h4-7H,13H2,1-3H3. The van der Waals surface area contributed by atoms with E-state index in [9.17, 15) is 0 Å². The first-order valence-electron chi connectivity index (χ1n) is 4.76. The van der Waals surface area contributed by atoms with Gasteiger partial charge in [0.1, 0.15) is 5.58 Å². The van der Waals surface area contributed by atoms with Crippen LogP contribution in [0.1, 0.15) is 26.3 Å². The Hall–Kier alpha value is -1.44. The minimum absolute atomic E-state index is 0.0963. The molecule has 0 aliphatic heterocycles. The Bertz CT molecular complexity index is 463. The summed E-state index contributed by atoms with van der Waals surface area (Å²) in [7, 11) is 0. The first-order valence-corrected chi connectivity index (χ1v) is 4.76. The van der Waals surface area contributed by atoms with Gasteiger partial charge in [0.2, 0.25) is 0 Å². The number of nitrogen functional groups attached to an aromatic ring is 1. The van der Waals surface area contributed by atoms with Crippen LogP contribution >= 0.6 is 0 Å². The molecule has 0 radical (unpaired) electrons. The fourth-order valence-corrected chi connectivity index (χ4v) is 1.63. The van der Waals surface area contributed by atoms with E-state index in [1.54, 1.807) is 0 Å². The second-order valence-corrected chi connectivity index (χ2v) is 4.65. The van der Waals surface area contributed by atoms with E-state index in [2.05, 4.69) is 20.8 Å². The number of fused-ring (bicyclic) bond motifs is 1. The number of nitrogens with two attached hydrogens (primary N) is 1. The lowest BCUT2D eigenvalue weighted by Crippen LogP contribution is -2.09. The number of furan rings is 1. The lowest BCUT2D eigenvalue weighted by atomic mass is 9.87. The Morgan fingerprint density at radius 2 is 1.93 bits per heavy atom. The Balaban J connectivity index is 2.73. The van der Waals surface area contributed by atoms with Crippen molar-refractivity contribution in [1.82, 2.24) is 0 Å². The monoisotopic (exact) mass is 189 g/mol. The summed E-state index contributed by atoms with van der Waals surface area (Å²) in [4.78, 5) is 0. The molecule has 1 aromatic carbocycles. The molecule has 0 aliphatic carbocycles. The van der Waals surface area contributed by atoms with Crippen LogP contribution in [0, 0.1) is 0 Å². The summed E-state index contributed by atoms with van der Waals surface area (Å²) in [6.45, 7) is 6.50. The molecule has 2 aromatic rings. The third kappa shape index (κ3) is 1.37. The van der Waals surface area contributed by atoms with Crippen molar-refractivity contribution in [1.29, 1.82) is 0 Å². The molecule has 0 unspecified atom stereocenters. The molecule has 0 atom stereocenters. The number of hydrogen-bond donors (Lipinski definition) is 1. The van der Waals surface area contributed by atoms with E-state index in [0.717, 1.165) is 16.7 Å². The van der Waals surface area contributed by atoms with Crippen LogP contribution in [0.15, 0.2) is 28.9 Å². The van der Waals surface area contributed by atoms with Gasteiger partial charge < -0.3 is 10.2 Å². The van der Waals surface area contributed by atoms with Crippen molar-refractivity contribution in [3.05, 3.63) is 30.0 Å². The largest absolute Gasteiger partial charge is 0.464 e. The molecule has 1 aromatic heterocycles. The van der Waals surface area contributed by atoms with E-state index < -0.39 is 0 Å². The van der Waals surface area contributed by atoms with Crippen molar-refractivity contribution in [2.75, 3.05) is 5.73 Å². The molecule has 2 N–H and O–H groups in total. The molecule has 2 rings (SSSR count). The summed E-state index contributed by atoms with van der Waals surface area (Å²) in [5.41, 5.74) is 8.75. The molecule has 0 spiro atoms. The number of benzene rings is 1. The highest BCUT2D eigenvalue weighted by Crippen LogP contribution is 2.32. The summed E-state index contributed by atoms with van der Waals surface area (Å²) < 4.78 is 5.47. The molecule has 0 saturated carbocycles. The van der Waals surface area contributed by atoms with Gasteiger partial charge in [-0.2, -0.15) is 0 Å². The lowest BCUT2D eigenvalue weighted by molar-refractivity contribution is 0.557. The topological polar surface area (TPSA) is 39.2 Å². The highest BCUT2D eigenvalue weighted by Gasteiger charge is 2.19. The van der Waals surface area contributed by atoms with Crippen LogP contribution < -0.4 is 5.73 Å². The number of hydrogen-bond acceptors (Lipinski definition) is 2. The van der Waals surface area contributed by atoms with Crippen LogP contribution in [-0.2, 0) is 5.41 Å². The Morgan fingerprint density at radius 1 is 1.21 bits per heavy atom. The van der Waals surface area contributed by atoms with E-state index >= 15 is 0 Å². The number of rotatable bonds is 0. The number of anilines is 1. The van der Waals surface area contributed by atoms with Crippen LogP contribution in [-0.4, -0.2) is 0 Å². The van der Waals surface area contributed by atoms with Crippen molar-refractivity contribution in [3.63, 3.8) is 0 Å². The highest BCUT2D eigenvalue weighted by atomic mass is 16.3. The molecular formula is C12H15NO. The SMILES string of the molecule is CC(C)(C)c1coc2ccc(N)cc12. The van der Waals surface area contributed by atoms with Crippen LogP contribution in [0.3, 0.4) is 0 Å². The molecule has 0 aliphatic rings. The summed E-state index contributed by atoms with van der Waals surface area (Å²) in [6, 6.07) is 5.75. The first kappa shape index (κ1) is 9.13. The molecule has 0 saturated heterocycles. The first-order chi connectivity index (χ1) is 6.48. The van der Waals surface area contributed by atoms with E-state index in [-0.39, 0.29) is 5.41 Å². The van der Waals surface area contributed by atoms with Crippen molar-refractivity contribution < 1.29 is 4.42 Å². The van der Waals surface area contributed by atoms with Gasteiger partial charge in [0.25, 0.3) is 0 Å². The minimum atomic E-state index is 0.0963. The van der Waals surface area contributed by atoms with Gasteiger partial charge in [-0.3, -0.25) is 0 Å². The Morgan fingerprint density at radius 3 is 2.57 bits per heavy atom. The highest BCUT2D eigenvalue weighted by molar-refractivity contribution is 5.85. The van der Waals surface area contributed by atoms with Crippen LogP contribution in [0.5, 0.6) is 0 Å². The van der Waals surface area contributed by atoms with Gasteiger partial charge in [0, 0.05) is 16.6 Å². The second-order valence-electron chi connectivity index (χ2n) is 4.65. The van der Waals surface area contributed by atoms with Gasteiger partial charge in [-0.1, -0.05) is 20.8 Å². The third-order valence-corrected chi connectivity index (χ3v) is 2.41. The zero-order chi connectivity index (χ0) is 10.3. The molecule has 0 bridgehead atoms. The fourth-order valence-electron chi connectivity index (χ4n) is 1.63. The van der Waals surface area contributed by atoms with Gasteiger partial charge in [-0.15, -0.1) is 0 Å². The molecular weight excluding hydrogens is 174 g/mol. The van der Waals surface area contributed by atoms with E-state index in [0.29, 0.717) is 0 Å².